The van der Waals surface area contributed by atoms with Crippen LogP contribution in [0.25, 0.3) is 0 Å². The number of likely N-dealkylation sites (N-methyl/N-ethyl adjacent to an activating group) is 1. The standard InChI is InChI=1S/C35H69N2O6P/c1-6-8-10-12-14-16-17-18-19-21-23-25-27-29-35(39)36-33(32-43-44(40,41)42-31-30-37(3,4)5)34(38)28-26-24-22-20-15-13-11-9-7-2/h15,20,26,28,33-34,38H,6-14,16-19,21-25,27,29-32H2,1-5H3,(H-,36,39,40,41)/p+1/b20-15+,28-26+. The van der Waals surface area contributed by atoms with E-state index in [1.807, 2.05) is 27.2 Å². The van der Waals surface area contributed by atoms with Gasteiger partial charge in [0.15, 0.2) is 0 Å². The van der Waals surface area contributed by atoms with Crippen molar-refractivity contribution in [2.24, 2.45) is 0 Å². The van der Waals surface area contributed by atoms with Crippen LogP contribution in [0.15, 0.2) is 24.3 Å². The minimum atomic E-state index is -4.32. The van der Waals surface area contributed by atoms with Crippen LogP contribution in [0, 0.1) is 0 Å². The summed E-state index contributed by atoms with van der Waals surface area (Å²) in [5.74, 6) is -0.192. The Morgan fingerprint density at radius 1 is 0.750 bits per heavy atom. The van der Waals surface area contributed by atoms with Crippen LogP contribution in [0.2, 0.25) is 0 Å². The summed E-state index contributed by atoms with van der Waals surface area (Å²) in [5, 5.41) is 13.6. The summed E-state index contributed by atoms with van der Waals surface area (Å²) in [4.78, 5) is 22.9. The molecule has 0 rings (SSSR count). The van der Waals surface area contributed by atoms with Crippen LogP contribution in [0.4, 0.5) is 0 Å². The molecule has 0 aliphatic rings. The van der Waals surface area contributed by atoms with Gasteiger partial charge < -0.3 is 19.8 Å². The maximum Gasteiger partial charge on any atom is 0.472 e. The van der Waals surface area contributed by atoms with Crippen molar-refractivity contribution in [2.75, 3.05) is 40.9 Å². The lowest BCUT2D eigenvalue weighted by Gasteiger charge is -2.25. The highest BCUT2D eigenvalue weighted by Gasteiger charge is 2.27. The monoisotopic (exact) mass is 645 g/mol. The number of nitrogens with one attached hydrogen (secondary N) is 1. The molecule has 0 aromatic heterocycles. The molecule has 1 amide bonds. The molecule has 0 spiro atoms. The molecule has 44 heavy (non-hydrogen) atoms. The highest BCUT2D eigenvalue weighted by molar-refractivity contribution is 7.47. The van der Waals surface area contributed by atoms with Gasteiger partial charge in [0.1, 0.15) is 13.2 Å². The minimum Gasteiger partial charge on any atom is -0.387 e. The van der Waals surface area contributed by atoms with Gasteiger partial charge >= 0.3 is 7.82 Å². The molecule has 3 N–H and O–H groups in total. The Morgan fingerprint density at radius 3 is 1.82 bits per heavy atom. The average Bonchev–Trinajstić information content (AvgIpc) is 2.95. The van der Waals surface area contributed by atoms with Gasteiger partial charge in [-0.05, 0) is 32.1 Å². The zero-order chi connectivity index (χ0) is 32.9. The fourth-order valence-electron chi connectivity index (χ4n) is 4.76. The van der Waals surface area contributed by atoms with Crippen molar-refractivity contribution in [1.29, 1.82) is 0 Å². The summed E-state index contributed by atoms with van der Waals surface area (Å²) in [6, 6.07) is -0.854. The zero-order valence-corrected chi connectivity index (χ0v) is 30.0. The Balaban J connectivity index is 4.57. The summed E-state index contributed by atoms with van der Waals surface area (Å²) < 4.78 is 23.3. The lowest BCUT2D eigenvalue weighted by atomic mass is 10.0. The number of quaternary nitrogens is 1. The molecule has 3 unspecified atom stereocenters. The van der Waals surface area contributed by atoms with Crippen molar-refractivity contribution in [3.8, 4) is 0 Å². The summed E-state index contributed by atoms with van der Waals surface area (Å²) >= 11 is 0. The van der Waals surface area contributed by atoms with E-state index in [1.54, 1.807) is 6.08 Å². The van der Waals surface area contributed by atoms with Crippen LogP contribution in [0.3, 0.4) is 0 Å². The number of phosphoric acid groups is 1. The smallest absolute Gasteiger partial charge is 0.387 e. The van der Waals surface area contributed by atoms with E-state index in [1.165, 1.54) is 83.5 Å². The number of carbonyl (C=O) groups is 1. The Morgan fingerprint density at radius 2 is 1.25 bits per heavy atom. The molecule has 9 heteroatoms. The SMILES string of the molecule is CCCCC/C=C/CC/C=C/C(O)C(COP(=O)(O)OCC[N+](C)(C)C)NC(=O)CCCCCCCCCCCCCCC. The van der Waals surface area contributed by atoms with E-state index in [2.05, 4.69) is 31.3 Å². The Kier molecular flexibility index (Phi) is 27.6. The number of aliphatic hydroxyl groups is 1. The third kappa shape index (κ3) is 29.7. The maximum absolute atomic E-state index is 12.7. The summed E-state index contributed by atoms with van der Waals surface area (Å²) in [6.45, 7) is 4.71. The zero-order valence-electron chi connectivity index (χ0n) is 29.1. The topological polar surface area (TPSA) is 105 Å². The van der Waals surface area contributed by atoms with Gasteiger partial charge in [-0.25, -0.2) is 4.57 Å². The minimum absolute atomic E-state index is 0.0573. The van der Waals surface area contributed by atoms with E-state index in [4.69, 9.17) is 9.05 Å². The van der Waals surface area contributed by atoms with Gasteiger partial charge in [0.2, 0.25) is 5.91 Å². The van der Waals surface area contributed by atoms with Gasteiger partial charge in [0, 0.05) is 6.42 Å². The number of hydrogen-bond acceptors (Lipinski definition) is 5. The number of carbonyl (C=O) groups excluding carboxylic acids is 1. The van der Waals surface area contributed by atoms with Gasteiger partial charge in [-0.15, -0.1) is 0 Å². The Labute approximate surface area is 271 Å². The van der Waals surface area contributed by atoms with Gasteiger partial charge in [-0.2, -0.15) is 0 Å². The second-order valence-electron chi connectivity index (χ2n) is 13.2. The normalized spacial score (nSPS) is 15.2. The second kappa shape index (κ2) is 28.2. The number of hydrogen-bond donors (Lipinski definition) is 3. The molecular formula is C35H70N2O6P+. The van der Waals surface area contributed by atoms with E-state index in [9.17, 15) is 19.4 Å². The van der Waals surface area contributed by atoms with Crippen LogP contribution in [-0.2, 0) is 18.4 Å². The molecule has 0 heterocycles. The fraction of sp³-hybridized carbons (Fsp3) is 0.857. The first-order valence-electron chi connectivity index (χ1n) is 17.7. The Hall–Kier alpha value is -1.02. The van der Waals surface area contributed by atoms with Gasteiger partial charge in [0.05, 0.1) is 39.9 Å². The van der Waals surface area contributed by atoms with E-state index >= 15 is 0 Å². The van der Waals surface area contributed by atoms with Crippen LogP contribution in [-0.4, -0.2) is 73.4 Å². The predicted molar refractivity (Wildman–Crippen MR) is 185 cm³/mol. The van der Waals surface area contributed by atoms with Crippen molar-refractivity contribution < 1.29 is 32.9 Å². The van der Waals surface area contributed by atoms with E-state index in [0.29, 0.717) is 17.4 Å². The second-order valence-corrected chi connectivity index (χ2v) is 14.7. The lowest BCUT2D eigenvalue weighted by Crippen LogP contribution is -2.45. The number of amides is 1. The molecule has 260 valence electrons. The third-order valence-electron chi connectivity index (χ3n) is 7.67. The van der Waals surface area contributed by atoms with Crippen molar-refractivity contribution >= 4 is 13.7 Å². The lowest BCUT2D eigenvalue weighted by molar-refractivity contribution is -0.870. The van der Waals surface area contributed by atoms with Crippen molar-refractivity contribution in [2.45, 2.75) is 154 Å². The van der Waals surface area contributed by atoms with Crippen molar-refractivity contribution in [3.05, 3.63) is 24.3 Å². The first-order chi connectivity index (χ1) is 21.0. The summed E-state index contributed by atoms with van der Waals surface area (Å²) in [7, 11) is 1.55. The molecule has 0 saturated carbocycles. The first kappa shape index (κ1) is 43.0. The third-order valence-corrected chi connectivity index (χ3v) is 8.66. The number of phosphoric ester groups is 1. The quantitative estimate of drug-likeness (QED) is 0.0302. The molecule has 0 aromatic carbocycles. The number of allylic oxidation sites excluding steroid dienone is 3. The van der Waals surface area contributed by atoms with E-state index in [0.717, 1.165) is 38.5 Å². The molecule has 3 atom stereocenters. The molecule has 0 radical (unpaired) electrons. The highest BCUT2D eigenvalue weighted by atomic mass is 31.2. The van der Waals surface area contributed by atoms with E-state index < -0.39 is 20.0 Å². The van der Waals surface area contributed by atoms with Crippen LogP contribution in [0.5, 0.6) is 0 Å². The molecule has 0 aliphatic heterocycles. The molecule has 0 aromatic rings. The maximum atomic E-state index is 12.7. The Bertz CT molecular complexity index is 784. The molecule has 0 aliphatic carbocycles. The van der Waals surface area contributed by atoms with Crippen LogP contribution in [0.1, 0.15) is 142 Å². The van der Waals surface area contributed by atoms with Gasteiger partial charge in [-0.3, -0.25) is 13.8 Å². The van der Waals surface area contributed by atoms with Gasteiger partial charge in [0.25, 0.3) is 0 Å². The molecule has 0 bridgehead atoms. The molecule has 0 fully saturated rings. The summed E-state index contributed by atoms with van der Waals surface area (Å²) in [5.41, 5.74) is 0. The number of unbranched alkanes of at least 4 members (excludes halogenated alkanes) is 16. The largest absolute Gasteiger partial charge is 0.472 e. The number of nitrogens with zero attached hydrogens (tertiary/aromatic N) is 1. The van der Waals surface area contributed by atoms with Crippen molar-refractivity contribution in [3.63, 3.8) is 0 Å². The molecule has 8 nitrogen and oxygen atoms in total. The summed E-state index contributed by atoms with van der Waals surface area (Å²) in [6.07, 6.45) is 29.6. The predicted octanol–water partition coefficient (Wildman–Crippen LogP) is 8.63. The van der Waals surface area contributed by atoms with Crippen molar-refractivity contribution in [1.82, 2.24) is 5.32 Å². The molecule has 0 saturated heterocycles. The van der Waals surface area contributed by atoms with Crippen LogP contribution >= 0.6 is 7.82 Å². The van der Waals surface area contributed by atoms with E-state index in [-0.39, 0.29) is 19.1 Å². The average molecular weight is 646 g/mol. The fourth-order valence-corrected chi connectivity index (χ4v) is 5.50. The highest BCUT2D eigenvalue weighted by Crippen LogP contribution is 2.43. The van der Waals surface area contributed by atoms with Crippen LogP contribution < -0.4 is 5.32 Å². The van der Waals surface area contributed by atoms with Gasteiger partial charge in [-0.1, -0.05) is 128 Å². The molecular weight excluding hydrogens is 575 g/mol. The number of rotatable bonds is 31. The number of aliphatic hydroxyl groups excluding tert-OH is 1. The first-order valence-corrected chi connectivity index (χ1v) is 19.2.